The first-order valence-corrected chi connectivity index (χ1v) is 5.68. The van der Waals surface area contributed by atoms with E-state index < -0.39 is 0 Å². The van der Waals surface area contributed by atoms with E-state index in [9.17, 15) is 0 Å². The van der Waals surface area contributed by atoms with Crippen LogP contribution in [0.25, 0.3) is 11.0 Å². The topological polar surface area (TPSA) is 57.7 Å². The molecule has 6 heteroatoms. The standard InChI is InChI=1S/C11H17N5.ClH/c1-3-4-5-6-16(2)11-9-7-14-15-10(9)12-8-13-11;/h7-8H,3-6H2,1-2H3,(H,12,13,14,15);1H. The Bertz CT molecular complexity index is 456. The molecule has 2 aromatic heterocycles. The van der Waals surface area contributed by atoms with Gasteiger partial charge in [-0.1, -0.05) is 19.8 Å². The first kappa shape index (κ1) is 13.7. The molecule has 2 heterocycles. The monoisotopic (exact) mass is 255 g/mol. The number of aromatic amines is 1. The van der Waals surface area contributed by atoms with E-state index in [2.05, 4.69) is 39.0 Å². The quantitative estimate of drug-likeness (QED) is 0.834. The van der Waals surface area contributed by atoms with Crippen molar-refractivity contribution < 1.29 is 0 Å². The molecule has 0 fully saturated rings. The molecule has 17 heavy (non-hydrogen) atoms. The van der Waals surface area contributed by atoms with Crippen molar-refractivity contribution in [1.82, 2.24) is 20.2 Å². The van der Waals surface area contributed by atoms with E-state index in [1.54, 1.807) is 12.5 Å². The van der Waals surface area contributed by atoms with Crippen molar-refractivity contribution in [2.24, 2.45) is 0 Å². The van der Waals surface area contributed by atoms with Crippen LogP contribution >= 0.6 is 12.4 Å². The van der Waals surface area contributed by atoms with E-state index in [0.29, 0.717) is 0 Å². The Morgan fingerprint density at radius 2 is 2.12 bits per heavy atom. The Labute approximate surface area is 107 Å². The third-order valence-electron chi connectivity index (χ3n) is 2.69. The minimum absolute atomic E-state index is 0. The van der Waals surface area contributed by atoms with Crippen molar-refractivity contribution in [2.45, 2.75) is 26.2 Å². The molecule has 5 nitrogen and oxygen atoms in total. The first-order valence-electron chi connectivity index (χ1n) is 5.68. The third kappa shape index (κ3) is 3.06. The highest BCUT2D eigenvalue weighted by atomic mass is 35.5. The number of fused-ring (bicyclic) bond motifs is 1. The zero-order valence-corrected chi connectivity index (χ0v) is 11.0. The van der Waals surface area contributed by atoms with Crippen molar-refractivity contribution in [1.29, 1.82) is 0 Å². The summed E-state index contributed by atoms with van der Waals surface area (Å²) in [4.78, 5) is 10.6. The Hall–Kier alpha value is -1.36. The van der Waals surface area contributed by atoms with Gasteiger partial charge < -0.3 is 4.90 Å². The van der Waals surface area contributed by atoms with Gasteiger partial charge >= 0.3 is 0 Å². The molecule has 0 atom stereocenters. The van der Waals surface area contributed by atoms with Gasteiger partial charge in [0.15, 0.2) is 5.65 Å². The summed E-state index contributed by atoms with van der Waals surface area (Å²) in [5, 5.41) is 7.83. The molecule has 0 saturated carbocycles. The minimum atomic E-state index is 0. The number of nitrogens with one attached hydrogen (secondary N) is 1. The van der Waals surface area contributed by atoms with Gasteiger partial charge in [-0.15, -0.1) is 12.4 Å². The van der Waals surface area contributed by atoms with Gasteiger partial charge in [0.25, 0.3) is 0 Å². The largest absolute Gasteiger partial charge is 0.359 e. The van der Waals surface area contributed by atoms with Crippen LogP contribution in [0, 0.1) is 0 Å². The Balaban J connectivity index is 0.00000144. The predicted octanol–water partition coefficient (Wildman–Crippen LogP) is 2.40. The molecular weight excluding hydrogens is 238 g/mol. The summed E-state index contributed by atoms with van der Waals surface area (Å²) in [6.45, 7) is 3.23. The number of halogens is 1. The number of unbranched alkanes of at least 4 members (excludes halogenated alkanes) is 2. The molecule has 2 aromatic rings. The maximum absolute atomic E-state index is 4.31. The average Bonchev–Trinajstić information content (AvgIpc) is 2.76. The molecule has 0 aliphatic heterocycles. The molecule has 0 radical (unpaired) electrons. The van der Waals surface area contributed by atoms with Gasteiger partial charge in [0.1, 0.15) is 12.1 Å². The van der Waals surface area contributed by atoms with Crippen LogP contribution in [-0.4, -0.2) is 33.8 Å². The molecule has 0 unspecified atom stereocenters. The molecule has 0 saturated heterocycles. The molecule has 0 amide bonds. The number of aromatic nitrogens is 4. The van der Waals surface area contributed by atoms with Crippen molar-refractivity contribution in [2.75, 3.05) is 18.5 Å². The second-order valence-corrected chi connectivity index (χ2v) is 3.96. The number of hydrogen-bond donors (Lipinski definition) is 1. The molecule has 94 valence electrons. The molecular formula is C11H18ClN5. The highest BCUT2D eigenvalue weighted by Crippen LogP contribution is 2.19. The van der Waals surface area contributed by atoms with Crippen LogP contribution in [0.4, 0.5) is 5.82 Å². The van der Waals surface area contributed by atoms with E-state index >= 15 is 0 Å². The smallest absolute Gasteiger partial charge is 0.160 e. The molecule has 0 aromatic carbocycles. The zero-order chi connectivity index (χ0) is 11.4. The van der Waals surface area contributed by atoms with Gasteiger partial charge in [0.05, 0.1) is 11.6 Å². The normalized spacial score (nSPS) is 10.2. The highest BCUT2D eigenvalue weighted by molar-refractivity contribution is 5.86. The number of anilines is 1. The number of H-pyrrole nitrogens is 1. The summed E-state index contributed by atoms with van der Waals surface area (Å²) in [6, 6.07) is 0. The van der Waals surface area contributed by atoms with Crippen molar-refractivity contribution in [3.05, 3.63) is 12.5 Å². The summed E-state index contributed by atoms with van der Waals surface area (Å²) >= 11 is 0. The van der Waals surface area contributed by atoms with Gasteiger partial charge in [0.2, 0.25) is 0 Å². The number of nitrogens with zero attached hydrogens (tertiary/aromatic N) is 4. The number of hydrogen-bond acceptors (Lipinski definition) is 4. The molecule has 0 bridgehead atoms. The van der Waals surface area contributed by atoms with Crippen molar-refractivity contribution >= 4 is 29.3 Å². The highest BCUT2D eigenvalue weighted by Gasteiger charge is 2.08. The zero-order valence-electron chi connectivity index (χ0n) is 10.2. The Morgan fingerprint density at radius 3 is 2.88 bits per heavy atom. The maximum atomic E-state index is 4.31. The fourth-order valence-corrected chi connectivity index (χ4v) is 1.76. The lowest BCUT2D eigenvalue weighted by Crippen LogP contribution is -2.19. The summed E-state index contributed by atoms with van der Waals surface area (Å²) in [7, 11) is 2.06. The summed E-state index contributed by atoms with van der Waals surface area (Å²) < 4.78 is 0. The predicted molar refractivity (Wildman–Crippen MR) is 71.7 cm³/mol. The molecule has 2 rings (SSSR count). The maximum Gasteiger partial charge on any atom is 0.160 e. The van der Waals surface area contributed by atoms with E-state index in [0.717, 1.165) is 23.4 Å². The molecule has 0 spiro atoms. The minimum Gasteiger partial charge on any atom is -0.359 e. The fourth-order valence-electron chi connectivity index (χ4n) is 1.76. The van der Waals surface area contributed by atoms with Crippen LogP contribution in [-0.2, 0) is 0 Å². The third-order valence-corrected chi connectivity index (χ3v) is 2.69. The second kappa shape index (κ2) is 6.39. The SMILES string of the molecule is CCCCCN(C)c1ncnc2[nH]ncc12.Cl. The van der Waals surface area contributed by atoms with Crippen LogP contribution in [0.2, 0.25) is 0 Å². The average molecular weight is 256 g/mol. The van der Waals surface area contributed by atoms with E-state index in [4.69, 9.17) is 0 Å². The van der Waals surface area contributed by atoms with E-state index in [-0.39, 0.29) is 12.4 Å². The lowest BCUT2D eigenvalue weighted by atomic mass is 10.2. The van der Waals surface area contributed by atoms with Gasteiger partial charge in [-0.05, 0) is 6.42 Å². The Morgan fingerprint density at radius 1 is 1.29 bits per heavy atom. The van der Waals surface area contributed by atoms with Crippen molar-refractivity contribution in [3.8, 4) is 0 Å². The van der Waals surface area contributed by atoms with Crippen LogP contribution in [0.1, 0.15) is 26.2 Å². The second-order valence-electron chi connectivity index (χ2n) is 3.96. The summed E-state index contributed by atoms with van der Waals surface area (Å²) in [5.41, 5.74) is 0.798. The van der Waals surface area contributed by atoms with E-state index in [1.165, 1.54) is 19.3 Å². The van der Waals surface area contributed by atoms with Crippen LogP contribution < -0.4 is 4.90 Å². The van der Waals surface area contributed by atoms with E-state index in [1.807, 2.05) is 0 Å². The molecule has 0 aliphatic rings. The van der Waals surface area contributed by atoms with Crippen LogP contribution in [0.3, 0.4) is 0 Å². The van der Waals surface area contributed by atoms with Crippen LogP contribution in [0.15, 0.2) is 12.5 Å². The fraction of sp³-hybridized carbons (Fsp3) is 0.545. The lowest BCUT2D eigenvalue weighted by Gasteiger charge is -2.17. The molecule has 0 aliphatic carbocycles. The first-order chi connectivity index (χ1) is 7.83. The lowest BCUT2D eigenvalue weighted by molar-refractivity contribution is 0.702. The summed E-state index contributed by atoms with van der Waals surface area (Å²) in [6.07, 6.45) is 7.03. The van der Waals surface area contributed by atoms with Gasteiger partial charge in [0, 0.05) is 13.6 Å². The van der Waals surface area contributed by atoms with Crippen LogP contribution in [0.5, 0.6) is 0 Å². The van der Waals surface area contributed by atoms with Gasteiger partial charge in [-0.3, -0.25) is 5.10 Å². The number of rotatable bonds is 5. The summed E-state index contributed by atoms with van der Waals surface area (Å²) in [5.74, 6) is 0.954. The molecule has 1 N–H and O–H groups in total. The Kier molecular flexibility index (Phi) is 5.15. The van der Waals surface area contributed by atoms with Crippen molar-refractivity contribution in [3.63, 3.8) is 0 Å². The van der Waals surface area contributed by atoms with Gasteiger partial charge in [-0.2, -0.15) is 5.10 Å². The van der Waals surface area contributed by atoms with Gasteiger partial charge in [-0.25, -0.2) is 9.97 Å².